The van der Waals surface area contributed by atoms with Crippen molar-refractivity contribution in [1.82, 2.24) is 10.6 Å². The van der Waals surface area contributed by atoms with Crippen molar-refractivity contribution in [2.24, 2.45) is 0 Å². The normalized spacial score (nSPS) is 13.9. The number of hydrogen-bond acceptors (Lipinski definition) is 4. The number of hydrogen-bond donors (Lipinski definition) is 2. The van der Waals surface area contributed by atoms with Gasteiger partial charge < -0.3 is 4.90 Å². The summed E-state index contributed by atoms with van der Waals surface area (Å²) in [7, 11) is 0. The van der Waals surface area contributed by atoms with Gasteiger partial charge in [0.05, 0.1) is 0 Å². The molecule has 2 N–H and O–H groups in total. The van der Waals surface area contributed by atoms with Crippen LogP contribution in [-0.4, -0.2) is 24.4 Å². The fraction of sp³-hybridized carbons (Fsp3) is 0.150. The Morgan fingerprint density at radius 2 is 1.50 bits per heavy atom. The molecule has 3 rings (SSSR count). The summed E-state index contributed by atoms with van der Waals surface area (Å²) >= 11 is 0. The molecule has 6 nitrogen and oxygen atoms in total. The zero-order valence-corrected chi connectivity index (χ0v) is 14.4. The minimum Gasteiger partial charge on any atom is -0.367 e. The molecule has 1 aliphatic rings. The highest BCUT2D eigenvalue weighted by Crippen LogP contribution is 2.19. The number of nitrogens with zero attached hydrogens (tertiary/aromatic N) is 1. The second-order valence-electron chi connectivity index (χ2n) is 5.89. The highest BCUT2D eigenvalue weighted by atomic mass is 16.2. The van der Waals surface area contributed by atoms with Gasteiger partial charge in [-0.15, -0.1) is 0 Å². The van der Waals surface area contributed by atoms with Crippen molar-refractivity contribution < 1.29 is 14.4 Å². The van der Waals surface area contributed by atoms with Crippen LogP contribution in [0.25, 0.3) is 6.08 Å². The van der Waals surface area contributed by atoms with Gasteiger partial charge in [0.1, 0.15) is 5.57 Å². The SMILES string of the molecule is CCN(Cc1ccccc1)c1ccc(C=C2C(=O)NC(=O)NC2=O)cc1. The van der Waals surface area contributed by atoms with Crippen molar-refractivity contribution in [2.75, 3.05) is 11.4 Å². The first-order valence-corrected chi connectivity index (χ1v) is 8.34. The van der Waals surface area contributed by atoms with Crippen LogP contribution in [0, 0.1) is 0 Å². The molecule has 132 valence electrons. The zero-order chi connectivity index (χ0) is 18.5. The molecule has 0 radical (unpaired) electrons. The number of carbonyl (C=O) groups excluding carboxylic acids is 3. The molecule has 1 aliphatic heterocycles. The molecule has 0 unspecified atom stereocenters. The predicted molar refractivity (Wildman–Crippen MR) is 99.3 cm³/mol. The van der Waals surface area contributed by atoms with E-state index < -0.39 is 17.8 Å². The van der Waals surface area contributed by atoms with E-state index >= 15 is 0 Å². The Hall–Kier alpha value is -3.41. The Morgan fingerprint density at radius 1 is 0.885 bits per heavy atom. The van der Waals surface area contributed by atoms with Gasteiger partial charge in [-0.2, -0.15) is 0 Å². The van der Waals surface area contributed by atoms with Crippen molar-refractivity contribution >= 4 is 29.6 Å². The van der Waals surface area contributed by atoms with Gasteiger partial charge in [-0.05, 0) is 36.3 Å². The lowest BCUT2D eigenvalue weighted by molar-refractivity contribution is -0.123. The monoisotopic (exact) mass is 349 g/mol. The fourth-order valence-electron chi connectivity index (χ4n) is 2.74. The van der Waals surface area contributed by atoms with Crippen LogP contribution in [0.5, 0.6) is 0 Å². The Bertz CT molecular complexity index is 836. The Morgan fingerprint density at radius 3 is 2.08 bits per heavy atom. The van der Waals surface area contributed by atoms with Gasteiger partial charge in [-0.3, -0.25) is 20.2 Å². The molecule has 0 spiro atoms. The van der Waals surface area contributed by atoms with Crippen molar-refractivity contribution in [3.8, 4) is 0 Å². The summed E-state index contributed by atoms with van der Waals surface area (Å²) in [5.41, 5.74) is 2.89. The summed E-state index contributed by atoms with van der Waals surface area (Å²) in [6.07, 6.45) is 1.47. The van der Waals surface area contributed by atoms with Crippen LogP contribution in [0.4, 0.5) is 10.5 Å². The van der Waals surface area contributed by atoms with Gasteiger partial charge in [-0.1, -0.05) is 42.5 Å². The van der Waals surface area contributed by atoms with Crippen molar-refractivity contribution in [3.05, 3.63) is 71.3 Å². The number of benzene rings is 2. The average molecular weight is 349 g/mol. The molecule has 0 bridgehead atoms. The van der Waals surface area contributed by atoms with Crippen molar-refractivity contribution in [3.63, 3.8) is 0 Å². The van der Waals surface area contributed by atoms with E-state index in [-0.39, 0.29) is 5.57 Å². The van der Waals surface area contributed by atoms with Gasteiger partial charge in [-0.25, -0.2) is 4.79 Å². The van der Waals surface area contributed by atoms with Crippen LogP contribution in [0.3, 0.4) is 0 Å². The Kier molecular flexibility index (Phi) is 5.12. The maximum Gasteiger partial charge on any atom is 0.328 e. The topological polar surface area (TPSA) is 78.5 Å². The number of anilines is 1. The third kappa shape index (κ3) is 3.97. The summed E-state index contributed by atoms with van der Waals surface area (Å²) < 4.78 is 0. The average Bonchev–Trinajstić information content (AvgIpc) is 2.64. The van der Waals surface area contributed by atoms with Crippen LogP contribution in [0.2, 0.25) is 0 Å². The summed E-state index contributed by atoms with van der Waals surface area (Å²) in [5.74, 6) is -1.39. The summed E-state index contributed by atoms with van der Waals surface area (Å²) in [6, 6.07) is 17.0. The van der Waals surface area contributed by atoms with Gasteiger partial charge in [0, 0.05) is 18.8 Å². The van der Waals surface area contributed by atoms with E-state index in [9.17, 15) is 14.4 Å². The molecule has 0 atom stereocenters. The van der Waals surface area contributed by atoms with Crippen LogP contribution in [0.15, 0.2) is 60.2 Å². The van der Waals surface area contributed by atoms with Crippen LogP contribution < -0.4 is 15.5 Å². The van der Waals surface area contributed by atoms with Crippen molar-refractivity contribution in [2.45, 2.75) is 13.5 Å². The van der Waals surface area contributed by atoms with Crippen LogP contribution >= 0.6 is 0 Å². The molecule has 2 aromatic rings. The third-order valence-corrected chi connectivity index (χ3v) is 4.11. The Balaban J connectivity index is 1.77. The molecule has 4 amide bonds. The first kappa shape index (κ1) is 17.4. The quantitative estimate of drug-likeness (QED) is 0.642. The number of urea groups is 1. The zero-order valence-electron chi connectivity index (χ0n) is 14.4. The molecule has 26 heavy (non-hydrogen) atoms. The van der Waals surface area contributed by atoms with E-state index in [1.165, 1.54) is 11.6 Å². The van der Waals surface area contributed by atoms with Gasteiger partial charge >= 0.3 is 6.03 Å². The number of rotatable bonds is 5. The Labute approximate surface area is 151 Å². The van der Waals surface area contributed by atoms with E-state index in [0.717, 1.165) is 18.8 Å². The first-order valence-electron chi connectivity index (χ1n) is 8.34. The molecule has 0 aliphatic carbocycles. The van der Waals surface area contributed by atoms with E-state index in [2.05, 4.69) is 34.6 Å². The molecule has 0 aromatic heterocycles. The summed E-state index contributed by atoms with van der Waals surface area (Å²) in [5, 5.41) is 4.12. The van der Waals surface area contributed by atoms with Gasteiger partial charge in [0.15, 0.2) is 0 Å². The number of barbiturate groups is 1. The smallest absolute Gasteiger partial charge is 0.328 e. The predicted octanol–water partition coefficient (Wildman–Crippen LogP) is 2.46. The molecule has 1 saturated heterocycles. The van der Waals surface area contributed by atoms with Crippen LogP contribution in [-0.2, 0) is 16.1 Å². The van der Waals surface area contributed by atoms with Crippen molar-refractivity contribution in [1.29, 1.82) is 0 Å². The molecule has 1 fully saturated rings. The lowest BCUT2D eigenvalue weighted by atomic mass is 10.1. The van der Waals surface area contributed by atoms with E-state index in [1.807, 2.05) is 42.5 Å². The summed E-state index contributed by atoms with van der Waals surface area (Å²) in [6.45, 7) is 3.74. The first-order chi connectivity index (χ1) is 12.6. The molecular formula is C20H19N3O3. The lowest BCUT2D eigenvalue weighted by Crippen LogP contribution is -2.51. The second kappa shape index (κ2) is 7.65. The second-order valence-corrected chi connectivity index (χ2v) is 5.89. The number of carbonyl (C=O) groups is 3. The van der Waals surface area contributed by atoms with Crippen LogP contribution in [0.1, 0.15) is 18.1 Å². The molecule has 0 saturated carbocycles. The minimum absolute atomic E-state index is 0.0889. The standard InChI is InChI=1S/C20H19N3O3/c1-2-23(13-15-6-4-3-5-7-15)16-10-8-14(9-11-16)12-17-18(24)21-20(26)22-19(17)25/h3-12H,2,13H2,1H3,(H2,21,22,24,25,26). The maximum absolute atomic E-state index is 11.8. The number of amides is 4. The third-order valence-electron chi connectivity index (χ3n) is 4.11. The maximum atomic E-state index is 11.8. The van der Waals surface area contributed by atoms with E-state index in [0.29, 0.717) is 5.56 Å². The lowest BCUT2D eigenvalue weighted by Gasteiger charge is -2.23. The molecule has 6 heteroatoms. The fourth-order valence-corrected chi connectivity index (χ4v) is 2.74. The summed E-state index contributed by atoms with van der Waals surface area (Å²) in [4.78, 5) is 36.9. The minimum atomic E-state index is -0.799. The van der Waals surface area contributed by atoms with Gasteiger partial charge in [0.25, 0.3) is 11.8 Å². The highest BCUT2D eigenvalue weighted by molar-refractivity contribution is 6.31. The number of imide groups is 2. The highest BCUT2D eigenvalue weighted by Gasteiger charge is 2.27. The van der Waals surface area contributed by atoms with E-state index in [1.54, 1.807) is 0 Å². The molecular weight excluding hydrogens is 330 g/mol. The largest absolute Gasteiger partial charge is 0.367 e. The van der Waals surface area contributed by atoms with E-state index in [4.69, 9.17) is 0 Å². The van der Waals surface area contributed by atoms with Gasteiger partial charge in [0.2, 0.25) is 0 Å². The molecule has 2 aromatic carbocycles. The molecule has 1 heterocycles. The number of nitrogens with one attached hydrogen (secondary N) is 2.